The summed E-state index contributed by atoms with van der Waals surface area (Å²) in [4.78, 5) is 25.7. The van der Waals surface area contributed by atoms with Crippen LogP contribution in [0.2, 0.25) is 0 Å². The molecule has 0 aliphatic rings. The molecule has 0 spiro atoms. The molecule has 37 heavy (non-hydrogen) atoms. The molecule has 4 rings (SSSR count). The molecule has 0 saturated heterocycles. The number of aliphatic imine (C=N–C) groups is 1. The van der Waals surface area contributed by atoms with E-state index in [-0.39, 0.29) is 11.4 Å². The van der Waals surface area contributed by atoms with Crippen LogP contribution in [0, 0.1) is 23.8 Å². The minimum absolute atomic E-state index is 0.0287. The second kappa shape index (κ2) is 11.8. The molecule has 0 saturated carbocycles. The molecule has 186 valence electrons. The smallest absolute Gasteiger partial charge is 0.301 e. The molecule has 0 unspecified atom stereocenters. The largest absolute Gasteiger partial charge is 0.378 e. The lowest BCUT2D eigenvalue weighted by Gasteiger charge is -2.09. The maximum absolute atomic E-state index is 11.5. The van der Waals surface area contributed by atoms with Crippen LogP contribution in [0.15, 0.2) is 95.0 Å². The number of hydrogen-bond donors (Lipinski definition) is 2. The second-order valence-corrected chi connectivity index (χ2v) is 9.87. The minimum Gasteiger partial charge on any atom is -0.378 e. The molecule has 0 fully saturated rings. The van der Waals surface area contributed by atoms with Crippen molar-refractivity contribution in [3.63, 3.8) is 0 Å². The van der Waals surface area contributed by atoms with Crippen LogP contribution in [-0.4, -0.2) is 26.5 Å². The Bertz CT molecular complexity index is 1540. The quantitative estimate of drug-likeness (QED) is 0.0750. The maximum Gasteiger partial charge on any atom is 0.301 e. The molecule has 4 aromatic carbocycles. The summed E-state index contributed by atoms with van der Waals surface area (Å²) in [5, 5.41) is 29.3. The maximum atomic E-state index is 11.5. The Morgan fingerprint density at radius 1 is 0.946 bits per heavy atom. The van der Waals surface area contributed by atoms with Gasteiger partial charge in [-0.2, -0.15) is 5.10 Å². The number of nitrogens with two attached hydrogens (primary N) is 1. The fourth-order valence-electron chi connectivity index (χ4n) is 3.43. The van der Waals surface area contributed by atoms with Gasteiger partial charge >= 0.3 is 5.69 Å². The molecule has 12 heteroatoms. The first-order chi connectivity index (χ1) is 17.8. The van der Waals surface area contributed by atoms with Gasteiger partial charge in [0.05, 0.1) is 27.3 Å². The lowest BCUT2D eigenvalue weighted by atomic mass is 10.1. The number of benzene rings is 4. The molecule has 3 N–H and O–H groups in total. The molecule has 0 heterocycles. The van der Waals surface area contributed by atoms with Crippen molar-refractivity contribution in [3.05, 3.63) is 114 Å². The zero-order valence-corrected chi connectivity index (χ0v) is 22.0. The lowest BCUT2D eigenvalue weighted by Crippen LogP contribution is -2.14. The van der Waals surface area contributed by atoms with Gasteiger partial charge in [0, 0.05) is 20.8 Å². The first-order valence-corrected chi connectivity index (χ1v) is 12.8. The van der Waals surface area contributed by atoms with Gasteiger partial charge in [-0.1, -0.05) is 60.3 Å². The number of non-ortho nitro benzene ring substituents is 1. The van der Waals surface area contributed by atoms with Crippen molar-refractivity contribution < 1.29 is 9.85 Å². The van der Waals surface area contributed by atoms with E-state index in [9.17, 15) is 20.2 Å². The number of hydrogen-bond acceptors (Lipinski definition) is 8. The third-order valence-electron chi connectivity index (χ3n) is 5.23. The number of hydrazone groups is 1. The summed E-state index contributed by atoms with van der Waals surface area (Å²) in [6.07, 6.45) is 0. The molecule has 0 aliphatic carbocycles. The van der Waals surface area contributed by atoms with Crippen LogP contribution in [-0.2, 0) is 0 Å². The van der Waals surface area contributed by atoms with Gasteiger partial charge in [-0.15, -0.1) is 0 Å². The standard InChI is InChI=1S/C25H19IN6O4S/c26-18-10-8-17(9-11-18)23(30-29-22-13-12-19(31(33)34)14-24(22)32(35)36)15-37-25(27)28-21-7-3-5-16-4-1-2-6-20(16)21/h1-14,29H,15H2,(H2,27,28). The van der Waals surface area contributed by atoms with Crippen LogP contribution < -0.4 is 11.2 Å². The van der Waals surface area contributed by atoms with Crippen LogP contribution in [0.1, 0.15) is 5.56 Å². The van der Waals surface area contributed by atoms with E-state index in [1.807, 2.05) is 66.7 Å². The van der Waals surface area contributed by atoms with E-state index in [2.05, 4.69) is 38.1 Å². The SMILES string of the molecule is NC(=Nc1cccc2ccccc12)SCC(=NNc1ccc([N+](=O)[O-])cc1[N+](=O)[O-])c1ccc(I)cc1. The molecular formula is C25H19IN6O4S. The molecule has 0 radical (unpaired) electrons. The van der Waals surface area contributed by atoms with E-state index in [1.165, 1.54) is 23.9 Å². The third kappa shape index (κ3) is 6.59. The Morgan fingerprint density at radius 3 is 2.41 bits per heavy atom. The number of nitro benzene ring substituents is 2. The van der Waals surface area contributed by atoms with E-state index >= 15 is 0 Å². The zero-order chi connectivity index (χ0) is 26.4. The minimum atomic E-state index is -0.695. The molecule has 4 aromatic rings. The summed E-state index contributed by atoms with van der Waals surface area (Å²) in [5.74, 6) is 0.314. The average molecular weight is 626 g/mol. The number of rotatable bonds is 8. The highest BCUT2D eigenvalue weighted by Gasteiger charge is 2.19. The number of anilines is 1. The number of thioether (sulfide) groups is 1. The third-order valence-corrected chi connectivity index (χ3v) is 6.76. The summed E-state index contributed by atoms with van der Waals surface area (Å²) < 4.78 is 1.03. The van der Waals surface area contributed by atoms with Gasteiger partial charge in [-0.05, 0) is 57.8 Å². The van der Waals surface area contributed by atoms with Crippen molar-refractivity contribution in [1.82, 2.24) is 0 Å². The first kappa shape index (κ1) is 26.0. The summed E-state index contributed by atoms with van der Waals surface area (Å²) in [6, 6.07) is 24.6. The van der Waals surface area contributed by atoms with E-state index in [0.717, 1.165) is 31.7 Å². The van der Waals surface area contributed by atoms with E-state index in [4.69, 9.17) is 5.73 Å². The van der Waals surface area contributed by atoms with Gasteiger partial charge in [0.1, 0.15) is 5.69 Å². The number of amidine groups is 1. The van der Waals surface area contributed by atoms with Crippen LogP contribution in [0.3, 0.4) is 0 Å². The first-order valence-electron chi connectivity index (χ1n) is 10.8. The molecule has 0 bridgehead atoms. The van der Waals surface area contributed by atoms with Crippen LogP contribution in [0.25, 0.3) is 10.8 Å². The van der Waals surface area contributed by atoms with E-state index < -0.39 is 15.5 Å². The second-order valence-electron chi connectivity index (χ2n) is 7.63. The van der Waals surface area contributed by atoms with Crippen LogP contribution in [0.4, 0.5) is 22.7 Å². The molecule has 0 amide bonds. The highest BCUT2D eigenvalue weighted by Crippen LogP contribution is 2.29. The van der Waals surface area contributed by atoms with E-state index in [1.54, 1.807) is 0 Å². The molecule has 0 aromatic heterocycles. The van der Waals surface area contributed by atoms with E-state index in [0.29, 0.717) is 16.6 Å². The molecule has 0 atom stereocenters. The van der Waals surface area contributed by atoms with Crippen LogP contribution >= 0.6 is 34.4 Å². The number of nitrogens with zero attached hydrogens (tertiary/aromatic N) is 4. The van der Waals surface area contributed by atoms with Gasteiger partial charge in [0.25, 0.3) is 5.69 Å². The van der Waals surface area contributed by atoms with Gasteiger partial charge in [0.15, 0.2) is 5.17 Å². The fraction of sp³-hybridized carbons (Fsp3) is 0.0400. The highest BCUT2D eigenvalue weighted by atomic mass is 127. The van der Waals surface area contributed by atoms with Crippen molar-refractivity contribution in [2.24, 2.45) is 15.8 Å². The normalized spacial score (nSPS) is 11.9. The van der Waals surface area contributed by atoms with Gasteiger partial charge < -0.3 is 5.73 Å². The predicted molar refractivity (Wildman–Crippen MR) is 157 cm³/mol. The van der Waals surface area contributed by atoms with Crippen molar-refractivity contribution in [3.8, 4) is 0 Å². The Hall–Kier alpha value is -4.04. The lowest BCUT2D eigenvalue weighted by molar-refractivity contribution is -0.393. The number of nitro groups is 2. The Balaban J connectivity index is 1.61. The predicted octanol–water partition coefficient (Wildman–Crippen LogP) is 6.46. The average Bonchev–Trinajstić information content (AvgIpc) is 2.89. The monoisotopic (exact) mass is 626 g/mol. The Kier molecular flexibility index (Phi) is 8.30. The summed E-state index contributed by atoms with van der Waals surface area (Å²) in [6.45, 7) is 0. The molecule has 10 nitrogen and oxygen atoms in total. The summed E-state index contributed by atoms with van der Waals surface area (Å²) in [5.41, 5.74) is 10.2. The Labute approximate surface area is 229 Å². The van der Waals surface area contributed by atoms with Gasteiger partial charge in [-0.3, -0.25) is 25.7 Å². The molecular weight excluding hydrogens is 607 g/mol. The molecule has 0 aliphatic heterocycles. The van der Waals surface area contributed by atoms with Gasteiger partial charge in [-0.25, -0.2) is 4.99 Å². The highest BCUT2D eigenvalue weighted by molar-refractivity contribution is 14.1. The topological polar surface area (TPSA) is 149 Å². The Morgan fingerprint density at radius 2 is 1.68 bits per heavy atom. The summed E-state index contributed by atoms with van der Waals surface area (Å²) >= 11 is 3.46. The van der Waals surface area contributed by atoms with Crippen LogP contribution in [0.5, 0.6) is 0 Å². The number of fused-ring (bicyclic) bond motifs is 1. The zero-order valence-electron chi connectivity index (χ0n) is 19.1. The number of nitrogens with one attached hydrogen (secondary N) is 1. The fourth-order valence-corrected chi connectivity index (χ4v) is 4.47. The summed E-state index contributed by atoms with van der Waals surface area (Å²) in [7, 11) is 0. The van der Waals surface area contributed by atoms with Gasteiger partial charge in [0.2, 0.25) is 0 Å². The number of halogens is 1. The van der Waals surface area contributed by atoms with Crippen molar-refractivity contribution in [1.29, 1.82) is 0 Å². The van der Waals surface area contributed by atoms with Crippen molar-refractivity contribution >= 4 is 78.8 Å². The van der Waals surface area contributed by atoms with Crippen molar-refractivity contribution in [2.75, 3.05) is 11.2 Å². The van der Waals surface area contributed by atoms with Crippen molar-refractivity contribution in [2.45, 2.75) is 0 Å².